The number of piperidine rings is 1. The van der Waals surface area contributed by atoms with Crippen molar-refractivity contribution < 1.29 is 9.59 Å². The number of ketones is 2. The first-order valence-corrected chi connectivity index (χ1v) is 6.66. The number of likely N-dealkylation sites (tertiary alicyclic amines) is 1. The first kappa shape index (κ1) is 15.1. The van der Waals surface area contributed by atoms with Crippen LogP contribution in [0.15, 0.2) is 11.6 Å². The van der Waals surface area contributed by atoms with Crippen molar-refractivity contribution in [3.63, 3.8) is 0 Å². The fraction of sp³-hybridized carbons (Fsp3) is 0.733. The summed E-state index contributed by atoms with van der Waals surface area (Å²) in [6, 6.07) is 0.319. The number of carbonyl (C=O) groups is 2. The van der Waals surface area contributed by atoms with Crippen molar-refractivity contribution in [2.45, 2.75) is 53.0 Å². The third kappa shape index (κ3) is 3.77. The molecule has 0 aromatic heterocycles. The van der Waals surface area contributed by atoms with Crippen LogP contribution in [-0.4, -0.2) is 36.1 Å². The fourth-order valence-electron chi connectivity index (χ4n) is 2.48. The van der Waals surface area contributed by atoms with Crippen LogP contribution in [-0.2, 0) is 9.59 Å². The molecule has 0 amide bonds. The van der Waals surface area contributed by atoms with Crippen LogP contribution in [0.5, 0.6) is 0 Å². The summed E-state index contributed by atoms with van der Waals surface area (Å²) in [5.74, 6) is 0.434. The highest BCUT2D eigenvalue weighted by Crippen LogP contribution is 2.33. The molecule has 0 bridgehead atoms. The zero-order chi connectivity index (χ0) is 13.9. The third-order valence-corrected chi connectivity index (χ3v) is 3.88. The van der Waals surface area contributed by atoms with Crippen LogP contribution >= 0.6 is 0 Å². The lowest BCUT2D eigenvalue weighted by atomic mass is 9.75. The van der Waals surface area contributed by atoms with Crippen molar-refractivity contribution in [1.82, 2.24) is 4.90 Å². The molecule has 102 valence electrons. The molecule has 18 heavy (non-hydrogen) atoms. The van der Waals surface area contributed by atoms with E-state index in [1.54, 1.807) is 6.08 Å². The van der Waals surface area contributed by atoms with E-state index in [2.05, 4.69) is 11.8 Å². The van der Waals surface area contributed by atoms with Gasteiger partial charge in [0.25, 0.3) is 0 Å². The van der Waals surface area contributed by atoms with Gasteiger partial charge in [-0.3, -0.25) is 9.59 Å². The van der Waals surface area contributed by atoms with Crippen LogP contribution in [0.25, 0.3) is 0 Å². The summed E-state index contributed by atoms with van der Waals surface area (Å²) in [7, 11) is 2.05. The molecule has 1 heterocycles. The minimum atomic E-state index is -0.355. The molecule has 0 saturated carbocycles. The van der Waals surface area contributed by atoms with E-state index in [0.717, 1.165) is 12.1 Å². The molecule has 3 heteroatoms. The molecule has 0 N–H and O–H groups in total. The maximum atomic E-state index is 12.2. The quantitative estimate of drug-likeness (QED) is 0.721. The van der Waals surface area contributed by atoms with Crippen LogP contribution < -0.4 is 0 Å². The molecule has 1 saturated heterocycles. The van der Waals surface area contributed by atoms with Gasteiger partial charge in [-0.1, -0.05) is 12.5 Å². The summed E-state index contributed by atoms with van der Waals surface area (Å²) in [6.45, 7) is 8.66. The lowest BCUT2D eigenvalue weighted by molar-refractivity contribution is -0.135. The highest BCUT2D eigenvalue weighted by Gasteiger charge is 2.39. The molecule has 1 aliphatic rings. The second-order valence-electron chi connectivity index (χ2n) is 6.14. The molecular weight excluding hydrogens is 226 g/mol. The van der Waals surface area contributed by atoms with E-state index in [0.29, 0.717) is 31.1 Å². The minimum absolute atomic E-state index is 0.130. The molecule has 2 atom stereocenters. The average Bonchev–Trinajstić information content (AvgIpc) is 2.23. The van der Waals surface area contributed by atoms with Crippen molar-refractivity contribution in [2.24, 2.45) is 5.41 Å². The van der Waals surface area contributed by atoms with Crippen LogP contribution in [0, 0.1) is 5.41 Å². The Labute approximate surface area is 110 Å². The van der Waals surface area contributed by atoms with E-state index in [1.807, 2.05) is 27.8 Å². The second-order valence-corrected chi connectivity index (χ2v) is 6.14. The van der Waals surface area contributed by atoms with Gasteiger partial charge in [0, 0.05) is 30.8 Å². The van der Waals surface area contributed by atoms with E-state index in [-0.39, 0.29) is 11.2 Å². The predicted octanol–water partition coefficient (Wildman–Crippen LogP) is 2.60. The summed E-state index contributed by atoms with van der Waals surface area (Å²) in [6.07, 6.45) is 3.40. The number of Topliss-reactive ketones (excluding diaryl/α,β-unsaturated/α-hetero) is 1. The van der Waals surface area contributed by atoms with Crippen molar-refractivity contribution in [2.75, 3.05) is 13.6 Å². The Morgan fingerprint density at radius 1 is 1.50 bits per heavy atom. The molecule has 1 fully saturated rings. The summed E-state index contributed by atoms with van der Waals surface area (Å²) in [5.41, 5.74) is 0.665. The van der Waals surface area contributed by atoms with E-state index in [1.165, 1.54) is 0 Å². The lowest BCUT2D eigenvalue weighted by Crippen LogP contribution is -2.50. The van der Waals surface area contributed by atoms with Gasteiger partial charge in [-0.15, -0.1) is 0 Å². The van der Waals surface area contributed by atoms with Gasteiger partial charge in [-0.05, 0) is 40.3 Å². The van der Waals surface area contributed by atoms with Crippen LogP contribution in [0.2, 0.25) is 0 Å². The first-order chi connectivity index (χ1) is 8.24. The maximum Gasteiger partial charge on any atom is 0.155 e. The van der Waals surface area contributed by atoms with E-state index in [9.17, 15) is 9.59 Å². The van der Waals surface area contributed by atoms with Crippen molar-refractivity contribution >= 4 is 11.6 Å². The van der Waals surface area contributed by atoms with Crippen molar-refractivity contribution in [3.8, 4) is 0 Å². The highest BCUT2D eigenvalue weighted by molar-refractivity contribution is 5.91. The first-order valence-electron chi connectivity index (χ1n) is 6.66. The zero-order valence-electron chi connectivity index (χ0n) is 12.2. The van der Waals surface area contributed by atoms with Crippen LogP contribution in [0.1, 0.15) is 47.0 Å². The predicted molar refractivity (Wildman–Crippen MR) is 73.5 cm³/mol. The van der Waals surface area contributed by atoms with Gasteiger partial charge < -0.3 is 4.90 Å². The Balaban J connectivity index is 2.62. The Kier molecular flexibility index (Phi) is 4.85. The largest absolute Gasteiger partial charge is 0.302 e. The van der Waals surface area contributed by atoms with Crippen molar-refractivity contribution in [3.05, 3.63) is 11.6 Å². The van der Waals surface area contributed by atoms with Gasteiger partial charge in [0.05, 0.1) is 0 Å². The average molecular weight is 251 g/mol. The van der Waals surface area contributed by atoms with Gasteiger partial charge in [0.15, 0.2) is 5.78 Å². The number of allylic oxidation sites excluding steroid dienone is 2. The third-order valence-electron chi connectivity index (χ3n) is 3.88. The number of carbonyl (C=O) groups excluding carboxylic acids is 2. The molecule has 0 aliphatic carbocycles. The molecule has 0 radical (unpaired) electrons. The van der Waals surface area contributed by atoms with Gasteiger partial charge in [0.1, 0.15) is 5.78 Å². The fourth-order valence-corrected chi connectivity index (χ4v) is 2.48. The summed E-state index contributed by atoms with van der Waals surface area (Å²) < 4.78 is 0. The Hall–Kier alpha value is -0.960. The summed E-state index contributed by atoms with van der Waals surface area (Å²) >= 11 is 0. The van der Waals surface area contributed by atoms with E-state index >= 15 is 0 Å². The number of rotatable bonds is 4. The molecule has 0 aromatic rings. The van der Waals surface area contributed by atoms with Gasteiger partial charge in [-0.25, -0.2) is 0 Å². The van der Waals surface area contributed by atoms with Crippen LogP contribution in [0.3, 0.4) is 0 Å². The van der Waals surface area contributed by atoms with Crippen LogP contribution in [0.4, 0.5) is 0 Å². The molecule has 2 unspecified atom stereocenters. The molecular formula is C15H25NO2. The topological polar surface area (TPSA) is 37.4 Å². The molecule has 0 spiro atoms. The SMILES string of the molecule is CC(C)=CC(=O)CCC1(C)CN(C)C(C)CC1=O. The van der Waals surface area contributed by atoms with Gasteiger partial charge in [-0.2, -0.15) is 0 Å². The molecule has 1 rings (SSSR count). The second kappa shape index (κ2) is 5.79. The van der Waals surface area contributed by atoms with Gasteiger partial charge >= 0.3 is 0 Å². The molecule has 0 aromatic carbocycles. The Bertz CT molecular complexity index is 369. The maximum absolute atomic E-state index is 12.2. The summed E-state index contributed by atoms with van der Waals surface area (Å²) in [4.78, 5) is 26.1. The number of hydrogen-bond donors (Lipinski definition) is 0. The standard InChI is InChI=1S/C15H25NO2/c1-11(2)8-13(17)6-7-15(4)10-16(5)12(3)9-14(15)18/h8,12H,6-7,9-10H2,1-5H3. The van der Waals surface area contributed by atoms with Gasteiger partial charge in [0.2, 0.25) is 0 Å². The molecule has 3 nitrogen and oxygen atoms in total. The highest BCUT2D eigenvalue weighted by atomic mass is 16.1. The number of hydrogen-bond acceptors (Lipinski definition) is 3. The zero-order valence-corrected chi connectivity index (χ0v) is 12.2. The Morgan fingerprint density at radius 3 is 2.67 bits per heavy atom. The minimum Gasteiger partial charge on any atom is -0.302 e. The summed E-state index contributed by atoms with van der Waals surface area (Å²) in [5, 5.41) is 0. The molecule has 1 aliphatic heterocycles. The lowest BCUT2D eigenvalue weighted by Gasteiger charge is -2.41. The smallest absolute Gasteiger partial charge is 0.155 e. The monoisotopic (exact) mass is 251 g/mol. The Morgan fingerprint density at radius 2 is 2.11 bits per heavy atom. The van der Waals surface area contributed by atoms with E-state index in [4.69, 9.17) is 0 Å². The number of nitrogens with zero attached hydrogens (tertiary/aromatic N) is 1. The van der Waals surface area contributed by atoms with E-state index < -0.39 is 0 Å². The van der Waals surface area contributed by atoms with Crippen molar-refractivity contribution in [1.29, 1.82) is 0 Å². The normalized spacial score (nSPS) is 29.2.